The zero-order valence-electron chi connectivity index (χ0n) is 7.81. The molecule has 1 atom stereocenters. The van der Waals surface area contributed by atoms with Crippen molar-refractivity contribution in [1.82, 2.24) is 0 Å². The first-order chi connectivity index (χ1) is 6.61. The van der Waals surface area contributed by atoms with Crippen LogP contribution in [0.25, 0.3) is 0 Å². The van der Waals surface area contributed by atoms with E-state index in [2.05, 4.69) is 15.9 Å². The van der Waals surface area contributed by atoms with E-state index in [4.69, 9.17) is 5.11 Å². The van der Waals surface area contributed by atoms with Crippen LogP contribution in [0, 0.1) is 0 Å². The lowest BCUT2D eigenvalue weighted by Gasteiger charge is -2.17. The van der Waals surface area contributed by atoms with Crippen LogP contribution in [0.4, 0.5) is 9.80 Å². The molecule has 0 spiro atoms. The first-order valence-corrected chi connectivity index (χ1v) is 6.09. The number of hydrogen-bond acceptors (Lipinski definition) is 2. The Morgan fingerprint density at radius 2 is 2.50 bits per heavy atom. The third-order valence-corrected chi connectivity index (χ3v) is 3.10. The molecule has 3 nitrogen and oxygen atoms in total. The lowest BCUT2D eigenvalue weighted by molar-refractivity contribution is 0.202. The molecular weight excluding hydrogens is 266 g/mol. The highest BCUT2D eigenvalue weighted by Crippen LogP contribution is 2.22. The van der Waals surface area contributed by atoms with Gasteiger partial charge < -0.3 is 5.11 Å². The van der Waals surface area contributed by atoms with E-state index in [1.165, 1.54) is 16.2 Å². The fraction of sp³-hybridized carbons (Fsp3) is 0.444. The van der Waals surface area contributed by atoms with Crippen molar-refractivity contribution >= 4 is 38.4 Å². The van der Waals surface area contributed by atoms with E-state index >= 15 is 0 Å². The number of carbonyl (C=O) groups is 1. The lowest BCUT2D eigenvalue weighted by atomic mass is 10.3. The van der Waals surface area contributed by atoms with Crippen molar-refractivity contribution in [3.63, 3.8) is 0 Å². The van der Waals surface area contributed by atoms with Crippen LogP contribution in [0.15, 0.2) is 17.5 Å². The van der Waals surface area contributed by atoms with Gasteiger partial charge in [-0.15, -0.1) is 11.3 Å². The van der Waals surface area contributed by atoms with Gasteiger partial charge in [-0.25, -0.2) is 4.79 Å². The van der Waals surface area contributed by atoms with E-state index in [9.17, 15) is 4.79 Å². The van der Waals surface area contributed by atoms with Gasteiger partial charge in [0.25, 0.3) is 0 Å². The van der Waals surface area contributed by atoms with Crippen LogP contribution in [0.3, 0.4) is 0 Å². The maximum absolute atomic E-state index is 10.9. The van der Waals surface area contributed by atoms with E-state index in [1.807, 2.05) is 24.4 Å². The Bertz CT molecular complexity index is 287. The summed E-state index contributed by atoms with van der Waals surface area (Å²) in [6.07, 6.45) is -0.0786. The standard InChI is InChI=1S/C9H12BrNO2S/c1-7(10)4-5-11(9(12)13)8-3-2-6-14-8/h2-3,6-7H,4-5H2,1H3,(H,12,13). The average Bonchev–Trinajstić information content (AvgIpc) is 2.56. The summed E-state index contributed by atoms with van der Waals surface area (Å²) in [6.45, 7) is 2.54. The fourth-order valence-electron chi connectivity index (χ4n) is 1.03. The number of halogens is 1. The van der Waals surface area contributed by atoms with Gasteiger partial charge in [0.15, 0.2) is 0 Å². The molecule has 1 aromatic rings. The minimum absolute atomic E-state index is 0.337. The maximum Gasteiger partial charge on any atom is 0.412 e. The van der Waals surface area contributed by atoms with Crippen molar-refractivity contribution in [1.29, 1.82) is 0 Å². The number of thiophene rings is 1. The zero-order valence-corrected chi connectivity index (χ0v) is 10.2. The summed E-state index contributed by atoms with van der Waals surface area (Å²) < 4.78 is 0. The molecule has 1 aromatic heterocycles. The van der Waals surface area contributed by atoms with Gasteiger partial charge in [-0.05, 0) is 23.9 Å². The van der Waals surface area contributed by atoms with Gasteiger partial charge in [0.2, 0.25) is 0 Å². The topological polar surface area (TPSA) is 40.5 Å². The first-order valence-electron chi connectivity index (χ1n) is 4.29. The number of alkyl halides is 1. The molecule has 0 radical (unpaired) electrons. The molecule has 1 unspecified atom stereocenters. The summed E-state index contributed by atoms with van der Waals surface area (Å²) in [6, 6.07) is 3.67. The maximum atomic E-state index is 10.9. The average molecular weight is 278 g/mol. The molecule has 0 aliphatic carbocycles. The van der Waals surface area contributed by atoms with Crippen LogP contribution in [0.1, 0.15) is 13.3 Å². The Kier molecular flexibility index (Phi) is 4.41. The van der Waals surface area contributed by atoms with Gasteiger partial charge in [0.1, 0.15) is 5.00 Å². The van der Waals surface area contributed by atoms with Gasteiger partial charge in [0, 0.05) is 11.4 Å². The Morgan fingerprint density at radius 3 is 2.93 bits per heavy atom. The highest BCUT2D eigenvalue weighted by molar-refractivity contribution is 9.09. The second-order valence-electron chi connectivity index (χ2n) is 2.95. The Hall–Kier alpha value is -0.550. The summed E-state index contributed by atoms with van der Waals surface area (Å²) in [4.78, 5) is 12.6. The highest BCUT2D eigenvalue weighted by Gasteiger charge is 2.15. The third kappa shape index (κ3) is 3.31. The molecule has 1 heterocycles. The molecule has 0 bridgehead atoms. The van der Waals surface area contributed by atoms with Gasteiger partial charge in [-0.3, -0.25) is 4.90 Å². The van der Waals surface area contributed by atoms with E-state index in [1.54, 1.807) is 0 Å². The molecule has 1 N–H and O–H groups in total. The quantitative estimate of drug-likeness (QED) is 0.857. The predicted octanol–water partition coefficient (Wildman–Crippen LogP) is 3.41. The molecule has 0 aliphatic heterocycles. The van der Waals surface area contributed by atoms with Crippen LogP contribution >= 0.6 is 27.3 Å². The Balaban J connectivity index is 2.61. The van der Waals surface area contributed by atoms with Crippen LogP contribution in [-0.2, 0) is 0 Å². The Morgan fingerprint density at radius 1 is 1.79 bits per heavy atom. The SMILES string of the molecule is CC(Br)CCN(C(=O)O)c1cccs1. The monoisotopic (exact) mass is 277 g/mol. The van der Waals surface area contributed by atoms with Gasteiger partial charge >= 0.3 is 6.09 Å². The summed E-state index contributed by atoms with van der Waals surface area (Å²) in [5.41, 5.74) is 0. The van der Waals surface area contributed by atoms with E-state index in [-0.39, 0.29) is 0 Å². The zero-order chi connectivity index (χ0) is 10.6. The van der Waals surface area contributed by atoms with E-state index < -0.39 is 6.09 Å². The molecule has 0 aliphatic rings. The highest BCUT2D eigenvalue weighted by atomic mass is 79.9. The number of anilines is 1. The van der Waals surface area contributed by atoms with Crippen molar-refractivity contribution in [2.75, 3.05) is 11.4 Å². The van der Waals surface area contributed by atoms with Gasteiger partial charge in [0.05, 0.1) is 0 Å². The molecule has 1 rings (SSSR count). The van der Waals surface area contributed by atoms with Crippen LogP contribution in [-0.4, -0.2) is 22.6 Å². The molecule has 5 heteroatoms. The van der Waals surface area contributed by atoms with Gasteiger partial charge in [-0.2, -0.15) is 0 Å². The number of carboxylic acid groups (broad SMARTS) is 1. The molecule has 1 amide bonds. The third-order valence-electron chi connectivity index (χ3n) is 1.75. The molecule has 0 fully saturated rings. The fourth-order valence-corrected chi connectivity index (χ4v) is 1.99. The predicted molar refractivity (Wildman–Crippen MR) is 62.7 cm³/mol. The van der Waals surface area contributed by atoms with Crippen LogP contribution in [0.5, 0.6) is 0 Å². The molecule has 0 saturated heterocycles. The molecular formula is C9H12BrNO2S. The van der Waals surface area contributed by atoms with Crippen molar-refractivity contribution in [2.45, 2.75) is 18.2 Å². The molecule has 14 heavy (non-hydrogen) atoms. The van der Waals surface area contributed by atoms with Crippen LogP contribution < -0.4 is 4.90 Å². The van der Waals surface area contributed by atoms with Crippen molar-refractivity contribution in [2.24, 2.45) is 0 Å². The summed E-state index contributed by atoms with van der Waals surface area (Å²) in [7, 11) is 0. The largest absolute Gasteiger partial charge is 0.465 e. The minimum Gasteiger partial charge on any atom is -0.465 e. The molecule has 0 saturated carbocycles. The van der Waals surface area contributed by atoms with Crippen LogP contribution in [0.2, 0.25) is 0 Å². The van der Waals surface area contributed by atoms with Gasteiger partial charge in [-0.1, -0.05) is 22.9 Å². The summed E-state index contributed by atoms with van der Waals surface area (Å²) in [5.74, 6) is 0. The van der Waals surface area contributed by atoms with E-state index in [0.29, 0.717) is 11.4 Å². The number of rotatable bonds is 4. The van der Waals surface area contributed by atoms with E-state index in [0.717, 1.165) is 11.4 Å². The summed E-state index contributed by atoms with van der Waals surface area (Å²) in [5, 5.41) is 11.6. The smallest absolute Gasteiger partial charge is 0.412 e. The summed E-state index contributed by atoms with van der Waals surface area (Å²) >= 11 is 4.84. The number of amides is 1. The van der Waals surface area contributed by atoms with Crippen molar-refractivity contribution < 1.29 is 9.90 Å². The molecule has 78 valence electrons. The Labute approximate surface area is 95.5 Å². The number of hydrogen-bond donors (Lipinski definition) is 1. The second-order valence-corrected chi connectivity index (χ2v) is 5.44. The lowest BCUT2D eigenvalue weighted by Crippen LogP contribution is -2.30. The van der Waals surface area contributed by atoms with Crippen molar-refractivity contribution in [3.05, 3.63) is 17.5 Å². The number of nitrogens with zero attached hydrogens (tertiary/aromatic N) is 1. The minimum atomic E-state index is -0.888. The molecule has 0 aromatic carbocycles. The second kappa shape index (κ2) is 5.36. The normalized spacial score (nSPS) is 12.4. The van der Waals surface area contributed by atoms with Crippen molar-refractivity contribution in [3.8, 4) is 0 Å². The first kappa shape index (κ1) is 11.5.